The maximum absolute atomic E-state index is 14.0. The van der Waals surface area contributed by atoms with Gasteiger partial charge in [-0.3, -0.25) is 14.2 Å². The molecule has 254 valence electrons. The molecule has 13 nitrogen and oxygen atoms in total. The minimum absolute atomic E-state index is 0.0491. The summed E-state index contributed by atoms with van der Waals surface area (Å²) < 4.78 is 19.4. The molecule has 0 bridgehead atoms. The van der Waals surface area contributed by atoms with Gasteiger partial charge < -0.3 is 19.3 Å². The van der Waals surface area contributed by atoms with E-state index in [1.807, 2.05) is 0 Å². The molecule has 1 N–H and O–H groups in total. The molecule has 1 saturated heterocycles. The number of ether oxygens (including phenoxy) is 3. The van der Waals surface area contributed by atoms with Gasteiger partial charge in [0.05, 0.1) is 24.1 Å². The molecule has 1 aliphatic heterocycles. The molecule has 1 unspecified atom stereocenters. The van der Waals surface area contributed by atoms with Gasteiger partial charge in [-0.2, -0.15) is 0 Å². The zero-order chi connectivity index (χ0) is 35.3. The number of imide groups is 1. The smallest absolute Gasteiger partial charge is 0.338 e. The Labute approximate surface area is 290 Å². The van der Waals surface area contributed by atoms with Crippen LogP contribution in [-0.2, 0) is 14.2 Å². The van der Waals surface area contributed by atoms with Crippen LogP contribution in [0.3, 0.4) is 0 Å². The number of hydrogen-bond donors (Lipinski definition) is 1. The molecular formula is C38H29N5O8. The molecule has 2 amide bonds. The molecule has 13 heteroatoms. The Balaban J connectivity index is 1.31. The van der Waals surface area contributed by atoms with Crippen LogP contribution in [0.1, 0.15) is 47.7 Å². The van der Waals surface area contributed by atoms with Gasteiger partial charge in [0.25, 0.3) is 11.8 Å². The van der Waals surface area contributed by atoms with Crippen molar-refractivity contribution in [1.82, 2.24) is 19.5 Å². The van der Waals surface area contributed by atoms with Crippen molar-refractivity contribution in [2.75, 3.05) is 11.5 Å². The van der Waals surface area contributed by atoms with Crippen LogP contribution in [0.5, 0.6) is 0 Å². The number of esters is 2. The second kappa shape index (κ2) is 14.5. The van der Waals surface area contributed by atoms with Crippen LogP contribution in [0, 0.1) is 0 Å². The number of fused-ring (bicyclic) bond motifs is 1. The number of imidazole rings is 1. The standard InChI is InChI=1S/C38H29N5O8/c44-21-28-30(50-37(47)26-17-9-3-10-18-26)31(51-38(48)27-19-11-4-12-20-27)36(49-28)42-23-41-29-32(42)39-22-40-33(29)43(34(45)24-13-5-1-6-14-24)35(46)25-15-7-2-8-16-25/h1-20,22-23,28,30-31,36,44H,21H2/t28-,30-,31?,36-/m1/s1. The van der Waals surface area contributed by atoms with Crippen molar-refractivity contribution >= 4 is 40.7 Å². The summed E-state index contributed by atoms with van der Waals surface area (Å²) in [7, 11) is 0. The first kappa shape index (κ1) is 33.0. The number of aliphatic hydroxyl groups excluding tert-OH is 1. The first-order valence-corrected chi connectivity index (χ1v) is 15.9. The highest BCUT2D eigenvalue weighted by atomic mass is 16.6. The quantitative estimate of drug-likeness (QED) is 0.167. The van der Waals surface area contributed by atoms with Crippen molar-refractivity contribution in [2.45, 2.75) is 24.5 Å². The minimum Gasteiger partial charge on any atom is -0.452 e. The number of carbonyl (C=O) groups is 4. The normalized spacial score (nSPS) is 18.2. The Morgan fingerprint density at radius 2 is 1.12 bits per heavy atom. The predicted molar refractivity (Wildman–Crippen MR) is 182 cm³/mol. The van der Waals surface area contributed by atoms with E-state index in [2.05, 4.69) is 15.0 Å². The second-order valence-electron chi connectivity index (χ2n) is 11.4. The van der Waals surface area contributed by atoms with Gasteiger partial charge in [-0.25, -0.2) is 29.4 Å². The number of aromatic nitrogens is 4. The fourth-order valence-corrected chi connectivity index (χ4v) is 5.77. The molecule has 1 aliphatic rings. The Kier molecular flexibility index (Phi) is 9.37. The molecule has 3 heterocycles. The maximum atomic E-state index is 14.0. The van der Waals surface area contributed by atoms with Gasteiger partial charge in [0.15, 0.2) is 35.4 Å². The molecule has 0 radical (unpaired) electrons. The van der Waals surface area contributed by atoms with Crippen molar-refractivity contribution in [3.05, 3.63) is 156 Å². The summed E-state index contributed by atoms with van der Waals surface area (Å²) >= 11 is 0. The molecule has 4 atom stereocenters. The lowest BCUT2D eigenvalue weighted by atomic mass is 10.1. The van der Waals surface area contributed by atoms with E-state index in [4.69, 9.17) is 14.2 Å². The van der Waals surface area contributed by atoms with Crippen LogP contribution >= 0.6 is 0 Å². The van der Waals surface area contributed by atoms with E-state index in [9.17, 15) is 24.3 Å². The van der Waals surface area contributed by atoms with E-state index in [-0.39, 0.29) is 39.2 Å². The summed E-state index contributed by atoms with van der Waals surface area (Å²) in [5, 5.41) is 10.4. The molecule has 6 aromatic rings. The number of amides is 2. The van der Waals surface area contributed by atoms with Crippen LogP contribution in [0.25, 0.3) is 11.2 Å². The van der Waals surface area contributed by atoms with Crippen LogP contribution in [-0.4, -0.2) is 73.3 Å². The first-order chi connectivity index (χ1) is 24.9. The molecule has 51 heavy (non-hydrogen) atoms. The summed E-state index contributed by atoms with van der Waals surface area (Å²) in [4.78, 5) is 68.8. The van der Waals surface area contributed by atoms with Crippen LogP contribution in [0.4, 0.5) is 5.82 Å². The number of benzene rings is 4. The summed E-state index contributed by atoms with van der Waals surface area (Å²) in [5.41, 5.74) is 1.08. The number of carbonyl (C=O) groups excluding carboxylic acids is 4. The number of aliphatic hydroxyl groups is 1. The van der Waals surface area contributed by atoms with Crippen molar-refractivity contribution < 1.29 is 38.5 Å². The van der Waals surface area contributed by atoms with Gasteiger partial charge in [0, 0.05) is 11.1 Å². The summed E-state index contributed by atoms with van der Waals surface area (Å²) in [6.45, 7) is -0.597. The van der Waals surface area contributed by atoms with E-state index in [1.165, 1.54) is 10.9 Å². The summed E-state index contributed by atoms with van der Waals surface area (Å²) in [6.07, 6.45) is -2.47. The largest absolute Gasteiger partial charge is 0.452 e. The summed E-state index contributed by atoms with van der Waals surface area (Å²) in [6, 6.07) is 32.9. The molecule has 2 aromatic heterocycles. The molecule has 0 saturated carbocycles. The van der Waals surface area contributed by atoms with Gasteiger partial charge in [-0.05, 0) is 48.5 Å². The molecule has 0 spiro atoms. The van der Waals surface area contributed by atoms with Gasteiger partial charge >= 0.3 is 11.9 Å². The zero-order valence-corrected chi connectivity index (χ0v) is 26.8. The molecule has 4 aromatic carbocycles. The SMILES string of the molecule is O=C(OC1[C@H](n2cnc3c(N(C(=O)c4ccccc4)C(=O)c4ccccc4)ncnc32)O[C@H](CO)[C@H]1OC(=O)c1ccccc1)c1ccccc1. The van der Waals surface area contributed by atoms with Crippen LogP contribution in [0.15, 0.2) is 134 Å². The maximum Gasteiger partial charge on any atom is 0.338 e. The zero-order valence-electron chi connectivity index (χ0n) is 26.8. The highest BCUT2D eigenvalue weighted by molar-refractivity contribution is 6.27. The molecule has 7 rings (SSSR count). The van der Waals surface area contributed by atoms with Crippen molar-refractivity contribution in [2.24, 2.45) is 0 Å². The lowest BCUT2D eigenvalue weighted by molar-refractivity contribution is -0.0566. The van der Waals surface area contributed by atoms with E-state index in [1.54, 1.807) is 121 Å². The van der Waals surface area contributed by atoms with Crippen molar-refractivity contribution in [1.29, 1.82) is 0 Å². The first-order valence-electron chi connectivity index (χ1n) is 15.9. The van der Waals surface area contributed by atoms with Gasteiger partial charge in [-0.1, -0.05) is 72.8 Å². The van der Waals surface area contributed by atoms with Gasteiger partial charge in [0.2, 0.25) is 0 Å². The average Bonchev–Trinajstić information content (AvgIpc) is 3.77. The van der Waals surface area contributed by atoms with Crippen molar-refractivity contribution in [3.63, 3.8) is 0 Å². The number of nitrogens with zero attached hydrogens (tertiary/aromatic N) is 5. The number of hydrogen-bond acceptors (Lipinski definition) is 11. The van der Waals surface area contributed by atoms with Gasteiger partial charge in [0.1, 0.15) is 12.4 Å². The third-order valence-electron chi connectivity index (χ3n) is 8.24. The summed E-state index contributed by atoms with van der Waals surface area (Å²) in [5.74, 6) is -2.87. The Bertz CT molecular complexity index is 2130. The van der Waals surface area contributed by atoms with E-state index in [0.717, 1.165) is 11.2 Å². The van der Waals surface area contributed by atoms with E-state index in [0.29, 0.717) is 0 Å². The second-order valence-corrected chi connectivity index (χ2v) is 11.4. The van der Waals surface area contributed by atoms with E-state index >= 15 is 0 Å². The minimum atomic E-state index is -1.31. The van der Waals surface area contributed by atoms with Crippen molar-refractivity contribution in [3.8, 4) is 0 Å². The lowest BCUT2D eigenvalue weighted by Gasteiger charge is -2.25. The predicted octanol–water partition coefficient (Wildman–Crippen LogP) is 4.65. The monoisotopic (exact) mass is 683 g/mol. The Hall–Kier alpha value is -6.57. The molecule has 1 fully saturated rings. The average molecular weight is 684 g/mol. The highest BCUT2D eigenvalue weighted by Gasteiger charge is 2.51. The molecular weight excluding hydrogens is 654 g/mol. The fraction of sp³-hybridized carbons (Fsp3) is 0.132. The van der Waals surface area contributed by atoms with E-state index < -0.39 is 54.9 Å². The number of rotatable bonds is 9. The van der Waals surface area contributed by atoms with Crippen LogP contribution < -0.4 is 4.90 Å². The number of anilines is 1. The Morgan fingerprint density at radius 3 is 1.61 bits per heavy atom. The molecule has 0 aliphatic carbocycles. The van der Waals surface area contributed by atoms with Crippen LogP contribution in [0.2, 0.25) is 0 Å². The third-order valence-corrected chi connectivity index (χ3v) is 8.24. The fourth-order valence-electron chi connectivity index (χ4n) is 5.77. The Morgan fingerprint density at radius 1 is 0.647 bits per heavy atom. The third kappa shape index (κ3) is 6.58. The van der Waals surface area contributed by atoms with Gasteiger partial charge in [-0.15, -0.1) is 0 Å². The topological polar surface area (TPSA) is 163 Å². The lowest BCUT2D eigenvalue weighted by Crippen LogP contribution is -2.40. The highest BCUT2D eigenvalue weighted by Crippen LogP contribution is 2.37.